The first-order chi connectivity index (χ1) is 13.9. The molecule has 1 amide bonds. The fraction of sp³-hybridized carbons (Fsp3) is 0.524. The number of amides is 1. The van der Waals surface area contributed by atoms with Crippen molar-refractivity contribution in [3.8, 4) is 0 Å². The average Bonchev–Trinajstić information content (AvgIpc) is 2.73. The first-order valence-electron chi connectivity index (χ1n) is 9.56. The molecule has 1 aromatic carbocycles. The topological polar surface area (TPSA) is 73.9 Å². The van der Waals surface area contributed by atoms with E-state index in [9.17, 15) is 9.59 Å². The second-order valence-corrected chi connectivity index (χ2v) is 6.62. The largest absolute Gasteiger partial charge is 0.460 e. The van der Waals surface area contributed by atoms with Crippen LogP contribution in [0.1, 0.15) is 34.6 Å². The third-order valence-corrected chi connectivity index (χ3v) is 4.22. The third-order valence-electron chi connectivity index (χ3n) is 2.83. The fourth-order valence-corrected chi connectivity index (χ4v) is 2.63. The maximum absolute atomic E-state index is 11.8. The van der Waals surface area contributed by atoms with Gasteiger partial charge < -0.3 is 19.5 Å². The summed E-state index contributed by atoms with van der Waals surface area (Å²) in [6.07, 6.45) is -1.01. The first-order valence-corrected chi connectivity index (χ1v) is 10.9. The molecule has 0 saturated heterocycles. The van der Waals surface area contributed by atoms with Gasteiger partial charge in [-0.05, 0) is 31.2 Å². The summed E-state index contributed by atoms with van der Waals surface area (Å²) in [5.74, 6) is 0.0415. The van der Waals surface area contributed by atoms with Crippen LogP contribution in [0.25, 0.3) is 0 Å². The monoisotopic (exact) mass is 447 g/mol. The lowest BCUT2D eigenvalue weighted by Gasteiger charge is -2.17. The molecule has 0 fully saturated rings. The number of benzene rings is 1. The molecule has 0 aromatic heterocycles. The van der Waals surface area contributed by atoms with Crippen LogP contribution in [0, 0.1) is 0 Å². The minimum absolute atomic E-state index is 0.0509. The number of alkyl carbamates (subject to hydrolysis) is 1. The van der Waals surface area contributed by atoms with E-state index in [1.165, 1.54) is 18.9 Å². The van der Waals surface area contributed by atoms with E-state index in [2.05, 4.69) is 11.9 Å². The first kappa shape index (κ1) is 29.5. The number of carbonyl (C=O) groups excluding carboxylic acids is 2. The molecule has 0 aliphatic carbocycles. The molecule has 0 aliphatic heterocycles. The highest BCUT2D eigenvalue weighted by molar-refractivity contribution is 7.99. The second-order valence-electron chi connectivity index (χ2n) is 5.09. The van der Waals surface area contributed by atoms with Gasteiger partial charge in [0, 0.05) is 28.4 Å². The number of methoxy groups -OCH3 is 1. The summed E-state index contributed by atoms with van der Waals surface area (Å²) in [6.45, 7) is 13.5. The smallest absolute Gasteiger partial charge is 0.407 e. The fourth-order valence-electron chi connectivity index (χ4n) is 1.64. The van der Waals surface area contributed by atoms with Crippen LogP contribution in [0.15, 0.2) is 41.3 Å². The molecule has 0 aliphatic rings. The summed E-state index contributed by atoms with van der Waals surface area (Å²) >= 11 is 7.38. The Kier molecular flexibility index (Phi) is 19.9. The Labute approximate surface area is 184 Å². The van der Waals surface area contributed by atoms with Gasteiger partial charge in [0.2, 0.25) is 0 Å². The van der Waals surface area contributed by atoms with Crippen molar-refractivity contribution in [2.45, 2.75) is 45.6 Å². The summed E-state index contributed by atoms with van der Waals surface area (Å²) in [6, 6.07) is 7.39. The van der Waals surface area contributed by atoms with Crippen molar-refractivity contribution in [1.29, 1.82) is 0 Å². The molecule has 0 saturated carbocycles. The molecule has 166 valence electrons. The lowest BCUT2D eigenvalue weighted by atomic mass is 10.4. The number of esters is 1. The molecule has 1 N–H and O–H groups in total. The van der Waals surface area contributed by atoms with Crippen LogP contribution < -0.4 is 5.32 Å². The van der Waals surface area contributed by atoms with Crippen LogP contribution in [0.4, 0.5) is 4.79 Å². The summed E-state index contributed by atoms with van der Waals surface area (Å²) in [7, 11) is 1.54. The van der Waals surface area contributed by atoms with Crippen molar-refractivity contribution in [2.24, 2.45) is 0 Å². The number of thioether (sulfide) groups is 1. The number of nitrogens with one attached hydrogen (secondary N) is 1. The molecule has 8 heteroatoms. The quantitative estimate of drug-likeness (QED) is 0.226. The van der Waals surface area contributed by atoms with E-state index in [1.807, 2.05) is 39.8 Å². The number of ether oxygens (including phenoxy) is 3. The van der Waals surface area contributed by atoms with Gasteiger partial charge in [-0.2, -0.15) is 0 Å². The summed E-state index contributed by atoms with van der Waals surface area (Å²) in [4.78, 5) is 24.0. The van der Waals surface area contributed by atoms with E-state index in [4.69, 9.17) is 25.8 Å². The van der Waals surface area contributed by atoms with E-state index in [-0.39, 0.29) is 19.8 Å². The molecule has 1 aromatic rings. The lowest BCUT2D eigenvalue weighted by Crippen LogP contribution is -2.34. The Morgan fingerprint density at radius 2 is 1.76 bits per heavy atom. The number of hydrogen-bond donors (Lipinski definition) is 1. The molecule has 0 spiro atoms. The van der Waals surface area contributed by atoms with Crippen molar-refractivity contribution in [2.75, 3.05) is 32.6 Å². The summed E-state index contributed by atoms with van der Waals surface area (Å²) < 4.78 is 15.3. The molecule has 0 heterocycles. The van der Waals surface area contributed by atoms with Crippen LogP contribution in [0.5, 0.6) is 0 Å². The molecule has 6 nitrogen and oxygen atoms in total. The van der Waals surface area contributed by atoms with Crippen molar-refractivity contribution >= 4 is 35.4 Å². The molecular weight excluding hydrogens is 414 g/mol. The minimum Gasteiger partial charge on any atom is -0.460 e. The zero-order chi connectivity index (χ0) is 22.7. The van der Waals surface area contributed by atoms with Gasteiger partial charge in [-0.3, -0.25) is 0 Å². The van der Waals surface area contributed by atoms with Crippen molar-refractivity contribution in [3.63, 3.8) is 0 Å². The lowest BCUT2D eigenvalue weighted by molar-refractivity contribution is -0.138. The van der Waals surface area contributed by atoms with E-state index in [0.717, 1.165) is 4.90 Å². The number of carbonyl (C=O) groups is 2. The van der Waals surface area contributed by atoms with E-state index < -0.39 is 18.2 Å². The van der Waals surface area contributed by atoms with Gasteiger partial charge in [-0.1, -0.05) is 45.9 Å². The Hall–Kier alpha value is -1.70. The van der Waals surface area contributed by atoms with E-state index in [0.29, 0.717) is 16.3 Å². The van der Waals surface area contributed by atoms with Gasteiger partial charge in [-0.15, -0.1) is 11.8 Å². The van der Waals surface area contributed by atoms with Gasteiger partial charge in [0.05, 0.1) is 13.2 Å². The Bertz CT molecular complexity index is 581. The van der Waals surface area contributed by atoms with Crippen LogP contribution in [0.3, 0.4) is 0 Å². The molecule has 0 bridgehead atoms. The Balaban J connectivity index is 0. The summed E-state index contributed by atoms with van der Waals surface area (Å²) in [5.41, 5.74) is 0.307. The van der Waals surface area contributed by atoms with Crippen molar-refractivity contribution < 1.29 is 23.8 Å². The van der Waals surface area contributed by atoms with E-state index >= 15 is 0 Å². The number of rotatable bonds is 10. The molecular formula is C21H34ClNO5S. The van der Waals surface area contributed by atoms with Crippen LogP contribution in [-0.4, -0.2) is 50.8 Å². The Morgan fingerprint density at radius 3 is 2.28 bits per heavy atom. The predicted molar refractivity (Wildman–Crippen MR) is 121 cm³/mol. The maximum Gasteiger partial charge on any atom is 0.407 e. The predicted octanol–water partition coefficient (Wildman–Crippen LogP) is 5.35. The molecule has 1 unspecified atom stereocenters. The highest BCUT2D eigenvalue weighted by Gasteiger charge is 2.15. The van der Waals surface area contributed by atoms with Crippen LogP contribution in [-0.2, 0) is 19.0 Å². The van der Waals surface area contributed by atoms with Gasteiger partial charge in [0.1, 0.15) is 12.7 Å². The van der Waals surface area contributed by atoms with E-state index in [1.54, 1.807) is 19.1 Å². The van der Waals surface area contributed by atoms with Crippen LogP contribution >= 0.6 is 23.4 Å². The highest BCUT2D eigenvalue weighted by Crippen LogP contribution is 2.21. The normalized spacial score (nSPS) is 10.3. The van der Waals surface area contributed by atoms with Gasteiger partial charge in [0.25, 0.3) is 0 Å². The Morgan fingerprint density at radius 1 is 1.17 bits per heavy atom. The van der Waals surface area contributed by atoms with Crippen molar-refractivity contribution in [3.05, 3.63) is 41.4 Å². The highest BCUT2D eigenvalue weighted by atomic mass is 35.5. The molecule has 0 radical (unpaired) electrons. The zero-order valence-electron chi connectivity index (χ0n) is 18.2. The zero-order valence-corrected chi connectivity index (χ0v) is 19.8. The number of hydrogen-bond acceptors (Lipinski definition) is 6. The van der Waals surface area contributed by atoms with Crippen molar-refractivity contribution in [1.82, 2.24) is 5.32 Å². The second kappa shape index (κ2) is 19.6. The molecule has 1 atom stereocenters. The van der Waals surface area contributed by atoms with Gasteiger partial charge in [0.15, 0.2) is 0 Å². The van der Waals surface area contributed by atoms with Crippen LogP contribution in [0.2, 0.25) is 5.02 Å². The molecule has 29 heavy (non-hydrogen) atoms. The number of halogens is 1. The minimum atomic E-state index is -0.592. The average molecular weight is 448 g/mol. The summed E-state index contributed by atoms with van der Waals surface area (Å²) in [5, 5.41) is 3.19. The standard InChI is InChI=1S/C17H22ClNO5S.2C2H6/c1-12(2)16(20)23-9-8-19-17(21)24-14(10-22-3)11-25-15-6-4-13(18)5-7-15;2*1-2/h4-7,14H,1,8-11H2,2-3H3,(H,19,21);2*1-2H3. The SMILES string of the molecule is C=C(C)C(=O)OCCNC(=O)OC(COC)CSc1ccc(Cl)cc1.CC.CC. The maximum atomic E-state index is 11.8. The third kappa shape index (κ3) is 15.9. The van der Waals surface area contributed by atoms with Gasteiger partial charge in [-0.25, -0.2) is 9.59 Å². The molecule has 1 rings (SSSR count). The van der Waals surface area contributed by atoms with Gasteiger partial charge >= 0.3 is 12.1 Å².